The Morgan fingerprint density at radius 1 is 1.41 bits per heavy atom. The van der Waals surface area contributed by atoms with Gasteiger partial charge < -0.3 is 15.0 Å². The lowest BCUT2D eigenvalue weighted by atomic mass is 10.1. The van der Waals surface area contributed by atoms with E-state index in [4.69, 9.17) is 22.7 Å². The third kappa shape index (κ3) is 3.65. The van der Waals surface area contributed by atoms with Crippen molar-refractivity contribution in [3.05, 3.63) is 40.9 Å². The Kier molecular flexibility index (Phi) is 5.03. The second-order valence-electron chi connectivity index (χ2n) is 6.62. The van der Waals surface area contributed by atoms with E-state index in [1.807, 2.05) is 36.5 Å². The van der Waals surface area contributed by atoms with Gasteiger partial charge in [-0.1, -0.05) is 42.2 Å². The van der Waals surface area contributed by atoms with Gasteiger partial charge in [0.2, 0.25) is 5.91 Å². The number of thioether (sulfide) groups is 1. The number of carbonyl (C=O) groups excluding carboxylic acids is 2. The first kappa shape index (κ1) is 18.2. The molecular formula is C19H19N3O3S2. The summed E-state index contributed by atoms with van der Waals surface area (Å²) in [4.78, 5) is 26.4. The van der Waals surface area contributed by atoms with E-state index in [2.05, 4.69) is 0 Å². The van der Waals surface area contributed by atoms with Crippen LogP contribution in [0.15, 0.2) is 35.4 Å². The number of hydrogen-bond donors (Lipinski definition) is 1. The minimum absolute atomic E-state index is 0.0596. The highest BCUT2D eigenvalue weighted by Crippen LogP contribution is 2.35. The first-order valence-corrected chi connectivity index (χ1v) is 9.98. The predicted octanol–water partition coefficient (Wildman–Crippen LogP) is 2.51. The van der Waals surface area contributed by atoms with E-state index in [-0.39, 0.29) is 18.6 Å². The van der Waals surface area contributed by atoms with Crippen LogP contribution in [0, 0.1) is 0 Å². The van der Waals surface area contributed by atoms with Gasteiger partial charge >= 0.3 is 0 Å². The molecule has 2 N–H and O–H groups in total. The van der Waals surface area contributed by atoms with E-state index in [1.54, 1.807) is 9.47 Å². The average molecular weight is 402 g/mol. The highest BCUT2D eigenvalue weighted by molar-refractivity contribution is 8.26. The third-order valence-electron chi connectivity index (χ3n) is 4.72. The standard InChI is InChI=1S/C19H19N3O3S2/c20-17(23)11-21-9-12(14-5-1-2-6-15(14)21)8-16-18(24)22(19(26)27-16)10-13-4-3-7-25-13/h1-2,5-6,8-9,13H,3-4,7,10-11H2,(H2,20,23)/b16-8-/t13-/m0/s1. The molecule has 1 aromatic carbocycles. The minimum atomic E-state index is -0.412. The normalized spacial score (nSPS) is 21.7. The molecule has 0 saturated carbocycles. The SMILES string of the molecule is NC(=O)Cn1cc(/C=C2\SC(=S)N(C[C@@H]3CCCO3)C2=O)c2ccccc21. The van der Waals surface area contributed by atoms with Gasteiger partial charge in [0.05, 0.1) is 17.6 Å². The molecule has 2 aromatic rings. The number of hydrogen-bond acceptors (Lipinski definition) is 5. The summed E-state index contributed by atoms with van der Waals surface area (Å²) in [5.41, 5.74) is 7.12. The van der Waals surface area contributed by atoms with Gasteiger partial charge in [0.25, 0.3) is 5.91 Å². The van der Waals surface area contributed by atoms with Crippen LogP contribution in [0.3, 0.4) is 0 Å². The summed E-state index contributed by atoms with van der Waals surface area (Å²) in [5, 5.41) is 0.961. The van der Waals surface area contributed by atoms with Crippen LogP contribution in [0.4, 0.5) is 0 Å². The minimum Gasteiger partial charge on any atom is -0.376 e. The molecule has 0 aliphatic carbocycles. The van der Waals surface area contributed by atoms with Gasteiger partial charge in [-0.2, -0.15) is 0 Å². The van der Waals surface area contributed by atoms with Gasteiger partial charge in [0.1, 0.15) is 10.9 Å². The maximum absolute atomic E-state index is 12.8. The Hall–Kier alpha value is -2.16. The van der Waals surface area contributed by atoms with Gasteiger partial charge in [-0.05, 0) is 25.0 Å². The number of fused-ring (bicyclic) bond motifs is 1. The molecule has 2 amide bonds. The molecule has 0 spiro atoms. The van der Waals surface area contributed by atoms with E-state index in [1.165, 1.54) is 11.8 Å². The molecule has 1 aromatic heterocycles. The van der Waals surface area contributed by atoms with Crippen LogP contribution < -0.4 is 5.73 Å². The summed E-state index contributed by atoms with van der Waals surface area (Å²) in [6.45, 7) is 1.34. The van der Waals surface area contributed by atoms with Crippen molar-refractivity contribution in [3.63, 3.8) is 0 Å². The van der Waals surface area contributed by atoms with E-state index in [0.29, 0.717) is 15.8 Å². The zero-order valence-corrected chi connectivity index (χ0v) is 16.2. The molecule has 6 nitrogen and oxygen atoms in total. The van der Waals surface area contributed by atoms with Crippen LogP contribution in [-0.2, 0) is 20.9 Å². The lowest BCUT2D eigenvalue weighted by Gasteiger charge is -2.18. The second-order valence-corrected chi connectivity index (χ2v) is 8.30. The van der Waals surface area contributed by atoms with Crippen molar-refractivity contribution in [3.8, 4) is 0 Å². The average Bonchev–Trinajstić information content (AvgIpc) is 3.32. The maximum Gasteiger partial charge on any atom is 0.266 e. The second kappa shape index (κ2) is 7.46. The van der Waals surface area contributed by atoms with E-state index >= 15 is 0 Å². The van der Waals surface area contributed by atoms with Gasteiger partial charge in [-0.3, -0.25) is 14.5 Å². The number of aromatic nitrogens is 1. The van der Waals surface area contributed by atoms with Crippen LogP contribution in [0.1, 0.15) is 18.4 Å². The number of para-hydroxylation sites is 1. The molecule has 27 heavy (non-hydrogen) atoms. The van der Waals surface area contributed by atoms with Gasteiger partial charge in [-0.25, -0.2) is 0 Å². The lowest BCUT2D eigenvalue weighted by molar-refractivity contribution is -0.123. The Labute approximate surface area is 166 Å². The van der Waals surface area contributed by atoms with Crippen LogP contribution in [0.5, 0.6) is 0 Å². The summed E-state index contributed by atoms with van der Waals surface area (Å²) in [6, 6.07) is 7.73. The van der Waals surface area contributed by atoms with E-state index in [0.717, 1.165) is 35.9 Å². The van der Waals surface area contributed by atoms with Crippen molar-refractivity contribution >= 4 is 57.1 Å². The summed E-state index contributed by atoms with van der Waals surface area (Å²) >= 11 is 6.71. The number of carbonyl (C=O) groups is 2. The molecule has 0 bridgehead atoms. The fourth-order valence-corrected chi connectivity index (χ4v) is 4.75. The molecule has 2 saturated heterocycles. The molecule has 3 heterocycles. The Morgan fingerprint density at radius 3 is 2.96 bits per heavy atom. The van der Waals surface area contributed by atoms with Crippen LogP contribution in [-0.4, -0.2) is 44.9 Å². The van der Waals surface area contributed by atoms with Crippen molar-refractivity contribution in [2.45, 2.75) is 25.5 Å². The largest absolute Gasteiger partial charge is 0.376 e. The molecule has 0 unspecified atom stereocenters. The predicted molar refractivity (Wildman–Crippen MR) is 110 cm³/mol. The smallest absolute Gasteiger partial charge is 0.266 e. The molecule has 2 aliphatic rings. The molecule has 2 aliphatic heterocycles. The van der Waals surface area contributed by atoms with Crippen molar-refractivity contribution in [1.82, 2.24) is 9.47 Å². The van der Waals surface area contributed by atoms with Crippen LogP contribution >= 0.6 is 24.0 Å². The van der Waals surface area contributed by atoms with Crippen molar-refractivity contribution in [2.24, 2.45) is 5.73 Å². The van der Waals surface area contributed by atoms with Gasteiger partial charge in [-0.15, -0.1) is 0 Å². The number of ether oxygens (including phenoxy) is 1. The summed E-state index contributed by atoms with van der Waals surface area (Å²) in [7, 11) is 0. The highest BCUT2D eigenvalue weighted by atomic mass is 32.2. The highest BCUT2D eigenvalue weighted by Gasteiger charge is 2.34. The molecular weight excluding hydrogens is 382 g/mol. The molecule has 8 heteroatoms. The molecule has 0 radical (unpaired) electrons. The monoisotopic (exact) mass is 401 g/mol. The van der Waals surface area contributed by atoms with Crippen molar-refractivity contribution in [1.29, 1.82) is 0 Å². The fourth-order valence-electron chi connectivity index (χ4n) is 3.48. The zero-order valence-electron chi connectivity index (χ0n) is 14.6. The third-order valence-corrected chi connectivity index (χ3v) is 6.09. The first-order valence-electron chi connectivity index (χ1n) is 8.76. The van der Waals surface area contributed by atoms with E-state index < -0.39 is 5.91 Å². The maximum atomic E-state index is 12.8. The zero-order chi connectivity index (χ0) is 19.0. The fraction of sp³-hybridized carbons (Fsp3) is 0.316. The van der Waals surface area contributed by atoms with Crippen molar-refractivity contribution in [2.75, 3.05) is 13.2 Å². The number of nitrogens with zero attached hydrogens (tertiary/aromatic N) is 2. The summed E-state index contributed by atoms with van der Waals surface area (Å²) < 4.78 is 7.99. The van der Waals surface area contributed by atoms with Gasteiger partial charge in [0, 0.05) is 29.3 Å². The number of benzene rings is 1. The number of rotatable bonds is 5. The Bertz CT molecular complexity index is 960. The molecule has 2 fully saturated rings. The molecule has 140 valence electrons. The Balaban J connectivity index is 1.64. The van der Waals surface area contributed by atoms with Gasteiger partial charge in [0.15, 0.2) is 0 Å². The molecule has 4 rings (SSSR count). The quantitative estimate of drug-likeness (QED) is 0.615. The topological polar surface area (TPSA) is 77.6 Å². The number of nitrogens with two attached hydrogens (primary N) is 1. The van der Waals surface area contributed by atoms with Crippen LogP contribution in [0.25, 0.3) is 17.0 Å². The van der Waals surface area contributed by atoms with Crippen molar-refractivity contribution < 1.29 is 14.3 Å². The number of thiocarbonyl (C=S) groups is 1. The lowest BCUT2D eigenvalue weighted by Crippen LogP contribution is -2.35. The van der Waals surface area contributed by atoms with Crippen LogP contribution in [0.2, 0.25) is 0 Å². The molecule has 1 atom stereocenters. The number of primary amides is 1. The van der Waals surface area contributed by atoms with E-state index in [9.17, 15) is 9.59 Å². The summed E-state index contributed by atoms with van der Waals surface area (Å²) in [5.74, 6) is -0.502. The summed E-state index contributed by atoms with van der Waals surface area (Å²) in [6.07, 6.45) is 5.73. The first-order chi connectivity index (χ1) is 13.0. The number of amides is 2. The Morgan fingerprint density at radius 2 is 2.22 bits per heavy atom.